The average Bonchev–Trinajstić information content (AvgIpc) is 2.02. The molecule has 0 spiro atoms. The molecule has 0 aromatic carbocycles. The Morgan fingerprint density at radius 3 is 2.46 bits per heavy atom. The van der Waals surface area contributed by atoms with E-state index in [1.165, 1.54) is 19.3 Å². The highest BCUT2D eigenvalue weighted by Crippen LogP contribution is 2.31. The number of hydrogen-bond acceptors (Lipinski definition) is 2. The van der Waals surface area contributed by atoms with E-state index in [0.29, 0.717) is 11.7 Å². The summed E-state index contributed by atoms with van der Waals surface area (Å²) in [6, 6.07) is 0.322. The first-order valence-corrected chi connectivity index (χ1v) is 4.96. The zero-order valence-corrected chi connectivity index (χ0v) is 8.47. The Kier molecular flexibility index (Phi) is 3.55. The Labute approximate surface area is 80.9 Å². The van der Waals surface area contributed by atoms with Crippen molar-refractivity contribution in [1.82, 2.24) is 5.32 Å². The van der Waals surface area contributed by atoms with Crippen LogP contribution in [-0.4, -0.2) is 13.1 Å². The normalized spacial score (nSPS) is 19.2. The van der Waals surface area contributed by atoms with Crippen LogP contribution < -0.4 is 11.1 Å². The van der Waals surface area contributed by atoms with Gasteiger partial charge in [0.05, 0.1) is 0 Å². The molecule has 2 heteroatoms. The Morgan fingerprint density at radius 1 is 1.54 bits per heavy atom. The van der Waals surface area contributed by atoms with Crippen LogP contribution in [0, 0.1) is 5.92 Å². The molecule has 0 aliphatic heterocycles. The fraction of sp³-hybridized carbons (Fsp3) is 0.636. The lowest BCUT2D eigenvalue weighted by Crippen LogP contribution is -2.33. The smallest absolute Gasteiger partial charge is 0.0334 e. The number of likely N-dealkylation sites (N-methyl/N-ethyl adjacent to an activating group) is 1. The van der Waals surface area contributed by atoms with Crippen LogP contribution in [0.25, 0.3) is 0 Å². The van der Waals surface area contributed by atoms with E-state index in [9.17, 15) is 0 Å². The second-order valence-electron chi connectivity index (χ2n) is 3.92. The van der Waals surface area contributed by atoms with Crippen LogP contribution in [0.4, 0.5) is 0 Å². The van der Waals surface area contributed by atoms with Crippen LogP contribution >= 0.6 is 0 Å². The molecule has 1 atom stereocenters. The largest absolute Gasteiger partial charge is 0.399 e. The lowest BCUT2D eigenvalue weighted by Gasteiger charge is -2.30. The quantitative estimate of drug-likeness (QED) is 0.633. The van der Waals surface area contributed by atoms with Gasteiger partial charge in [0.15, 0.2) is 0 Å². The van der Waals surface area contributed by atoms with Gasteiger partial charge in [0.1, 0.15) is 0 Å². The molecule has 0 aromatic rings. The molecular weight excluding hydrogens is 160 g/mol. The molecule has 1 fully saturated rings. The van der Waals surface area contributed by atoms with Gasteiger partial charge in [0.2, 0.25) is 0 Å². The summed E-state index contributed by atoms with van der Waals surface area (Å²) in [5.74, 6) is 0.869. The predicted molar refractivity (Wildman–Crippen MR) is 57.3 cm³/mol. The minimum atomic E-state index is 0.322. The maximum atomic E-state index is 5.61. The summed E-state index contributed by atoms with van der Waals surface area (Å²) in [4.78, 5) is 0. The summed E-state index contributed by atoms with van der Waals surface area (Å²) in [5.41, 5.74) is 7.18. The zero-order chi connectivity index (χ0) is 9.84. The predicted octanol–water partition coefficient (Wildman–Crippen LogP) is 1.79. The Hall–Kier alpha value is -0.760. The standard InChI is InChI=1S/C11H20N2/c1-8(9(2)12)11(13-3)7-10-5-4-6-10/h10-11,13H,1-2,4-7,12H2,3H3. The van der Waals surface area contributed by atoms with Gasteiger partial charge in [-0.25, -0.2) is 0 Å². The van der Waals surface area contributed by atoms with Crippen LogP contribution in [0.2, 0.25) is 0 Å². The fourth-order valence-electron chi connectivity index (χ4n) is 1.72. The number of hydrogen-bond donors (Lipinski definition) is 2. The molecule has 74 valence electrons. The SMILES string of the molecule is C=C(N)C(=C)C(CC1CCC1)NC. The van der Waals surface area contributed by atoms with E-state index in [-0.39, 0.29) is 0 Å². The van der Waals surface area contributed by atoms with Crippen molar-refractivity contribution in [3.05, 3.63) is 24.4 Å². The summed E-state index contributed by atoms with van der Waals surface area (Å²) >= 11 is 0. The number of nitrogens with two attached hydrogens (primary N) is 1. The molecule has 0 bridgehead atoms. The second kappa shape index (κ2) is 4.47. The van der Waals surface area contributed by atoms with Crippen molar-refractivity contribution in [2.24, 2.45) is 11.7 Å². The van der Waals surface area contributed by atoms with Crippen molar-refractivity contribution < 1.29 is 0 Å². The Bertz CT molecular complexity index is 204. The molecule has 3 N–H and O–H groups in total. The molecule has 1 unspecified atom stereocenters. The third-order valence-corrected chi connectivity index (χ3v) is 2.98. The molecular formula is C11H20N2. The van der Waals surface area contributed by atoms with Crippen LogP contribution in [-0.2, 0) is 0 Å². The molecule has 2 nitrogen and oxygen atoms in total. The maximum Gasteiger partial charge on any atom is 0.0334 e. The minimum absolute atomic E-state index is 0.322. The molecule has 0 radical (unpaired) electrons. The van der Waals surface area contributed by atoms with Crippen LogP contribution in [0.15, 0.2) is 24.4 Å². The summed E-state index contributed by atoms with van der Waals surface area (Å²) in [7, 11) is 1.96. The maximum absolute atomic E-state index is 5.61. The molecule has 1 aliphatic rings. The third kappa shape index (κ3) is 2.59. The zero-order valence-electron chi connectivity index (χ0n) is 8.47. The molecule has 0 aromatic heterocycles. The van der Waals surface area contributed by atoms with Crippen molar-refractivity contribution in [3.63, 3.8) is 0 Å². The minimum Gasteiger partial charge on any atom is -0.399 e. The lowest BCUT2D eigenvalue weighted by atomic mass is 9.79. The molecule has 1 rings (SSSR count). The summed E-state index contributed by atoms with van der Waals surface area (Å²) in [5, 5.41) is 3.24. The average molecular weight is 180 g/mol. The van der Waals surface area contributed by atoms with Gasteiger partial charge >= 0.3 is 0 Å². The van der Waals surface area contributed by atoms with Gasteiger partial charge in [-0.2, -0.15) is 0 Å². The first-order chi connectivity index (χ1) is 6.15. The Morgan fingerprint density at radius 2 is 2.15 bits per heavy atom. The van der Waals surface area contributed by atoms with Crippen molar-refractivity contribution in [2.45, 2.75) is 31.7 Å². The van der Waals surface area contributed by atoms with Crippen molar-refractivity contribution in [1.29, 1.82) is 0 Å². The highest BCUT2D eigenvalue weighted by Gasteiger charge is 2.22. The van der Waals surface area contributed by atoms with E-state index < -0.39 is 0 Å². The first kappa shape index (κ1) is 10.3. The van der Waals surface area contributed by atoms with Crippen molar-refractivity contribution in [2.75, 3.05) is 7.05 Å². The van der Waals surface area contributed by atoms with Gasteiger partial charge in [0, 0.05) is 11.7 Å². The van der Waals surface area contributed by atoms with E-state index in [2.05, 4.69) is 18.5 Å². The number of rotatable bonds is 5. The Balaban J connectivity index is 2.41. The van der Waals surface area contributed by atoms with Gasteiger partial charge < -0.3 is 11.1 Å². The van der Waals surface area contributed by atoms with E-state index in [4.69, 9.17) is 5.73 Å². The topological polar surface area (TPSA) is 38.0 Å². The molecule has 0 saturated heterocycles. The van der Waals surface area contributed by atoms with Gasteiger partial charge in [-0.05, 0) is 25.0 Å². The summed E-state index contributed by atoms with van der Waals surface area (Å²) in [6.07, 6.45) is 5.27. The molecule has 1 saturated carbocycles. The highest BCUT2D eigenvalue weighted by molar-refractivity contribution is 5.27. The lowest BCUT2D eigenvalue weighted by molar-refractivity contribution is 0.276. The van der Waals surface area contributed by atoms with Crippen LogP contribution in [0.1, 0.15) is 25.7 Å². The van der Waals surface area contributed by atoms with Gasteiger partial charge in [0.25, 0.3) is 0 Å². The summed E-state index contributed by atoms with van der Waals surface area (Å²) in [6.45, 7) is 7.66. The van der Waals surface area contributed by atoms with Crippen LogP contribution in [0.5, 0.6) is 0 Å². The van der Waals surface area contributed by atoms with Crippen molar-refractivity contribution in [3.8, 4) is 0 Å². The van der Waals surface area contributed by atoms with Gasteiger partial charge in [-0.15, -0.1) is 0 Å². The highest BCUT2D eigenvalue weighted by atomic mass is 14.9. The molecule has 1 aliphatic carbocycles. The second-order valence-corrected chi connectivity index (χ2v) is 3.92. The van der Waals surface area contributed by atoms with Gasteiger partial charge in [-0.3, -0.25) is 0 Å². The molecule has 0 amide bonds. The molecule has 0 heterocycles. The summed E-state index contributed by atoms with van der Waals surface area (Å²) < 4.78 is 0. The van der Waals surface area contributed by atoms with Gasteiger partial charge in [-0.1, -0.05) is 32.4 Å². The van der Waals surface area contributed by atoms with E-state index in [1.807, 2.05) is 7.05 Å². The van der Waals surface area contributed by atoms with E-state index >= 15 is 0 Å². The monoisotopic (exact) mass is 180 g/mol. The fourth-order valence-corrected chi connectivity index (χ4v) is 1.72. The third-order valence-electron chi connectivity index (χ3n) is 2.98. The van der Waals surface area contributed by atoms with Crippen LogP contribution in [0.3, 0.4) is 0 Å². The molecule has 13 heavy (non-hydrogen) atoms. The van der Waals surface area contributed by atoms with Crippen molar-refractivity contribution >= 4 is 0 Å². The number of nitrogens with one attached hydrogen (secondary N) is 1. The first-order valence-electron chi connectivity index (χ1n) is 4.96. The van der Waals surface area contributed by atoms with E-state index in [0.717, 1.165) is 17.9 Å². The van der Waals surface area contributed by atoms with E-state index in [1.54, 1.807) is 0 Å².